The number of rotatable bonds is 7. The minimum Gasteiger partial charge on any atom is -0.497 e. The van der Waals surface area contributed by atoms with Crippen molar-refractivity contribution in [1.82, 2.24) is 9.62 Å². The Morgan fingerprint density at radius 2 is 1.69 bits per heavy atom. The van der Waals surface area contributed by atoms with E-state index in [1.165, 1.54) is 12.1 Å². The molecule has 0 aromatic heterocycles. The second-order valence-electron chi connectivity index (χ2n) is 6.34. The molecule has 1 atom stereocenters. The third-order valence-corrected chi connectivity index (χ3v) is 6.36. The Balaban J connectivity index is 1.78. The Hall–Kier alpha value is -1.60. The Kier molecular flexibility index (Phi) is 6.19. The van der Waals surface area contributed by atoms with Gasteiger partial charge >= 0.3 is 0 Å². The lowest BCUT2D eigenvalue weighted by Crippen LogP contribution is -2.36. The van der Waals surface area contributed by atoms with Crippen molar-refractivity contribution < 1.29 is 13.2 Å². The summed E-state index contributed by atoms with van der Waals surface area (Å²) < 4.78 is 33.2. The lowest BCUT2D eigenvalue weighted by molar-refractivity contribution is 0.246. The van der Waals surface area contributed by atoms with Crippen molar-refractivity contribution in [2.24, 2.45) is 0 Å². The molecule has 0 unspecified atom stereocenters. The molecule has 0 spiro atoms. The van der Waals surface area contributed by atoms with E-state index in [9.17, 15) is 8.42 Å². The minimum atomic E-state index is -3.58. The summed E-state index contributed by atoms with van der Waals surface area (Å²) in [6, 6.07) is 14.0. The van der Waals surface area contributed by atoms with Gasteiger partial charge in [0.15, 0.2) is 0 Å². The first-order valence-corrected chi connectivity index (χ1v) is 10.5. The summed E-state index contributed by atoms with van der Waals surface area (Å²) in [7, 11) is -1.95. The first kappa shape index (κ1) is 19.2. The molecule has 0 aliphatic carbocycles. The van der Waals surface area contributed by atoms with Crippen LogP contribution in [0.1, 0.15) is 24.4 Å². The number of methoxy groups -OCH3 is 1. The third-order valence-electron chi connectivity index (χ3n) is 4.67. The van der Waals surface area contributed by atoms with Crippen LogP contribution in [0, 0.1) is 0 Å². The maximum Gasteiger partial charge on any atom is 0.240 e. The highest BCUT2D eigenvalue weighted by molar-refractivity contribution is 7.89. The van der Waals surface area contributed by atoms with Crippen LogP contribution in [0.2, 0.25) is 5.02 Å². The molecule has 1 aliphatic rings. The Morgan fingerprint density at radius 1 is 1.08 bits per heavy atom. The van der Waals surface area contributed by atoms with Crippen LogP contribution >= 0.6 is 11.6 Å². The highest BCUT2D eigenvalue weighted by Crippen LogP contribution is 2.27. The summed E-state index contributed by atoms with van der Waals surface area (Å²) in [6.07, 6.45) is 2.27. The van der Waals surface area contributed by atoms with E-state index < -0.39 is 10.0 Å². The number of nitrogens with zero attached hydrogens (tertiary/aromatic N) is 1. The Bertz CT molecular complexity index is 817. The van der Waals surface area contributed by atoms with Crippen molar-refractivity contribution in [2.75, 3.05) is 26.7 Å². The van der Waals surface area contributed by atoms with E-state index in [0.29, 0.717) is 11.6 Å². The van der Waals surface area contributed by atoms with Gasteiger partial charge in [-0.2, -0.15) is 0 Å². The first-order chi connectivity index (χ1) is 12.5. The molecule has 5 nitrogen and oxygen atoms in total. The molecule has 1 fully saturated rings. The van der Waals surface area contributed by atoms with E-state index >= 15 is 0 Å². The lowest BCUT2D eigenvalue weighted by atomic mass is 10.1. The van der Waals surface area contributed by atoms with Crippen LogP contribution in [0.25, 0.3) is 0 Å². The molecular formula is C19H23ClN2O3S. The standard InChI is InChI=1S/C19H23ClN2O3S/c1-25-17-8-4-15(5-9-17)19(22-12-2-3-13-22)14-21-26(23,24)18-10-6-16(20)7-11-18/h4-11,19,21H,2-3,12-14H2,1H3/t19-/m0/s1. The molecule has 0 bridgehead atoms. The van der Waals surface area contributed by atoms with E-state index in [0.717, 1.165) is 37.2 Å². The fraction of sp³-hybridized carbons (Fsp3) is 0.368. The van der Waals surface area contributed by atoms with Crippen molar-refractivity contribution in [2.45, 2.75) is 23.8 Å². The van der Waals surface area contributed by atoms with Crippen LogP contribution in [-0.4, -0.2) is 40.1 Å². The third kappa shape index (κ3) is 4.57. The number of halogens is 1. The molecule has 3 rings (SSSR count). The van der Waals surface area contributed by atoms with Gasteiger partial charge in [0.1, 0.15) is 5.75 Å². The van der Waals surface area contributed by atoms with Crippen LogP contribution < -0.4 is 9.46 Å². The van der Waals surface area contributed by atoms with Gasteiger partial charge in [0, 0.05) is 17.6 Å². The monoisotopic (exact) mass is 394 g/mol. The van der Waals surface area contributed by atoms with Gasteiger partial charge in [-0.05, 0) is 67.9 Å². The topological polar surface area (TPSA) is 58.6 Å². The van der Waals surface area contributed by atoms with E-state index in [1.807, 2.05) is 24.3 Å². The van der Waals surface area contributed by atoms with Crippen molar-refractivity contribution in [1.29, 1.82) is 0 Å². The van der Waals surface area contributed by atoms with Crippen molar-refractivity contribution in [3.8, 4) is 5.75 Å². The summed E-state index contributed by atoms with van der Waals surface area (Å²) in [5, 5.41) is 0.511. The molecule has 2 aromatic carbocycles. The molecule has 1 aliphatic heterocycles. The predicted molar refractivity (Wildman–Crippen MR) is 103 cm³/mol. The number of sulfonamides is 1. The zero-order valence-electron chi connectivity index (χ0n) is 14.7. The first-order valence-electron chi connectivity index (χ1n) is 8.63. The fourth-order valence-electron chi connectivity index (χ4n) is 3.22. The molecule has 0 radical (unpaired) electrons. The molecular weight excluding hydrogens is 372 g/mol. The predicted octanol–water partition coefficient (Wildman–Crippen LogP) is 3.46. The average molecular weight is 395 g/mol. The van der Waals surface area contributed by atoms with Crippen LogP contribution in [0.5, 0.6) is 5.75 Å². The number of nitrogens with one attached hydrogen (secondary N) is 1. The van der Waals surface area contributed by atoms with Crippen LogP contribution in [0.4, 0.5) is 0 Å². The van der Waals surface area contributed by atoms with Gasteiger partial charge in [0.2, 0.25) is 10.0 Å². The number of ether oxygens (including phenoxy) is 1. The normalized spacial score (nSPS) is 16.5. The van der Waals surface area contributed by atoms with Gasteiger partial charge in [-0.1, -0.05) is 23.7 Å². The number of hydrogen-bond acceptors (Lipinski definition) is 4. The highest BCUT2D eigenvalue weighted by atomic mass is 35.5. The number of benzene rings is 2. The van der Waals surface area contributed by atoms with Crippen LogP contribution in [-0.2, 0) is 10.0 Å². The van der Waals surface area contributed by atoms with Crippen LogP contribution in [0.3, 0.4) is 0 Å². The quantitative estimate of drug-likeness (QED) is 0.781. The van der Waals surface area contributed by atoms with Gasteiger partial charge in [-0.15, -0.1) is 0 Å². The van der Waals surface area contributed by atoms with E-state index in [2.05, 4.69) is 9.62 Å². The van der Waals surface area contributed by atoms with Gasteiger partial charge < -0.3 is 4.74 Å². The molecule has 0 amide bonds. The summed E-state index contributed by atoms with van der Waals surface area (Å²) in [5.74, 6) is 0.788. The molecule has 2 aromatic rings. The van der Waals surface area contributed by atoms with Crippen molar-refractivity contribution in [3.05, 3.63) is 59.1 Å². The van der Waals surface area contributed by atoms with E-state index in [-0.39, 0.29) is 10.9 Å². The SMILES string of the molecule is COc1ccc([C@H](CNS(=O)(=O)c2ccc(Cl)cc2)N2CCCC2)cc1. The zero-order chi connectivity index (χ0) is 18.6. The summed E-state index contributed by atoms with van der Waals surface area (Å²) in [4.78, 5) is 2.54. The fourth-order valence-corrected chi connectivity index (χ4v) is 4.39. The second kappa shape index (κ2) is 8.39. The maximum absolute atomic E-state index is 12.6. The van der Waals surface area contributed by atoms with Crippen molar-refractivity contribution in [3.63, 3.8) is 0 Å². The van der Waals surface area contributed by atoms with Gasteiger partial charge in [0.05, 0.1) is 12.0 Å². The van der Waals surface area contributed by atoms with E-state index in [1.54, 1.807) is 19.2 Å². The molecule has 1 saturated heterocycles. The highest BCUT2D eigenvalue weighted by Gasteiger charge is 2.25. The second-order valence-corrected chi connectivity index (χ2v) is 8.54. The summed E-state index contributed by atoms with van der Waals surface area (Å²) in [5.41, 5.74) is 1.08. The summed E-state index contributed by atoms with van der Waals surface area (Å²) in [6.45, 7) is 2.26. The Labute approximate surface area is 160 Å². The zero-order valence-corrected chi connectivity index (χ0v) is 16.3. The molecule has 0 saturated carbocycles. The van der Waals surface area contributed by atoms with Crippen molar-refractivity contribution >= 4 is 21.6 Å². The molecule has 7 heteroatoms. The average Bonchev–Trinajstić information content (AvgIpc) is 3.17. The van der Waals surface area contributed by atoms with Gasteiger partial charge in [0.25, 0.3) is 0 Å². The van der Waals surface area contributed by atoms with Gasteiger partial charge in [-0.25, -0.2) is 13.1 Å². The van der Waals surface area contributed by atoms with E-state index in [4.69, 9.17) is 16.3 Å². The maximum atomic E-state index is 12.6. The van der Waals surface area contributed by atoms with Crippen LogP contribution in [0.15, 0.2) is 53.4 Å². The lowest BCUT2D eigenvalue weighted by Gasteiger charge is -2.28. The Morgan fingerprint density at radius 3 is 2.27 bits per heavy atom. The smallest absolute Gasteiger partial charge is 0.240 e. The minimum absolute atomic E-state index is 0.00881. The number of likely N-dealkylation sites (tertiary alicyclic amines) is 1. The molecule has 26 heavy (non-hydrogen) atoms. The molecule has 1 heterocycles. The van der Waals surface area contributed by atoms with Gasteiger partial charge in [-0.3, -0.25) is 4.90 Å². The number of hydrogen-bond donors (Lipinski definition) is 1. The summed E-state index contributed by atoms with van der Waals surface area (Å²) >= 11 is 5.85. The molecule has 140 valence electrons. The molecule has 1 N–H and O–H groups in total. The largest absolute Gasteiger partial charge is 0.497 e.